The first kappa shape index (κ1) is 12.7. The van der Waals surface area contributed by atoms with Crippen LogP contribution in [0.25, 0.3) is 11.3 Å². The molecule has 0 atom stereocenters. The number of para-hydroxylation sites is 1. The lowest BCUT2D eigenvalue weighted by atomic mass is 10.2. The van der Waals surface area contributed by atoms with Crippen molar-refractivity contribution in [2.45, 2.75) is 0 Å². The van der Waals surface area contributed by atoms with Gasteiger partial charge in [0.15, 0.2) is 5.82 Å². The van der Waals surface area contributed by atoms with E-state index in [2.05, 4.69) is 26.7 Å². The maximum absolute atomic E-state index is 10.1. The zero-order valence-corrected chi connectivity index (χ0v) is 11.1. The fraction of sp³-hybridized carbons (Fsp3) is 0.0714. The average Bonchev–Trinajstić information content (AvgIpc) is 2.89. The van der Waals surface area contributed by atoms with Gasteiger partial charge in [0.25, 0.3) is 0 Å². The first-order valence-corrected chi connectivity index (χ1v) is 6.03. The molecule has 1 aromatic heterocycles. The molecule has 7 heteroatoms. The summed E-state index contributed by atoms with van der Waals surface area (Å²) in [6, 6.07) is 4.90. The highest BCUT2D eigenvalue weighted by Gasteiger charge is 2.20. The Kier molecular flexibility index (Phi) is 3.04. The summed E-state index contributed by atoms with van der Waals surface area (Å²) in [4.78, 5) is 3.97. The minimum Gasteiger partial charge on any atom is -0.506 e. The highest BCUT2D eigenvalue weighted by molar-refractivity contribution is 6.09. The lowest BCUT2D eigenvalue weighted by Crippen LogP contribution is -2.07. The minimum atomic E-state index is -0.00466. The zero-order chi connectivity index (χ0) is 14.8. The maximum Gasteiger partial charge on any atom is 0.227 e. The molecule has 3 N–H and O–H groups in total. The van der Waals surface area contributed by atoms with Gasteiger partial charge >= 0.3 is 0 Å². The number of nitrogens with two attached hydrogens (primary N) is 1. The molecule has 21 heavy (non-hydrogen) atoms. The van der Waals surface area contributed by atoms with Gasteiger partial charge in [-0.2, -0.15) is 0 Å². The third kappa shape index (κ3) is 2.08. The topological polar surface area (TPSA) is 98.5 Å². The number of benzene rings is 1. The molecule has 0 radical (unpaired) electrons. The van der Waals surface area contributed by atoms with Crippen molar-refractivity contribution < 1.29 is 9.84 Å². The molecule has 1 aliphatic heterocycles. The van der Waals surface area contributed by atoms with Crippen molar-refractivity contribution in [3.05, 3.63) is 41.7 Å². The average molecular weight is 281 g/mol. The molecule has 104 valence electrons. The lowest BCUT2D eigenvalue weighted by Gasteiger charge is -2.13. The molecule has 0 aliphatic carbocycles. The number of aliphatic imine (C=N–C) groups is 1. The van der Waals surface area contributed by atoms with E-state index in [4.69, 9.17) is 10.5 Å². The smallest absolute Gasteiger partial charge is 0.227 e. The van der Waals surface area contributed by atoms with Crippen LogP contribution in [0.5, 0.6) is 11.5 Å². The second-order valence-corrected chi connectivity index (χ2v) is 4.14. The zero-order valence-electron chi connectivity index (χ0n) is 11.1. The van der Waals surface area contributed by atoms with E-state index in [-0.39, 0.29) is 11.7 Å². The first-order valence-electron chi connectivity index (χ1n) is 6.03. The minimum absolute atomic E-state index is 0.00466. The molecule has 0 unspecified atom stereocenters. The number of hydrogen-bond acceptors (Lipinski definition) is 6. The molecule has 0 fully saturated rings. The predicted octanol–water partition coefficient (Wildman–Crippen LogP) is 1.30. The molecular formula is C14H11N5O2. The van der Waals surface area contributed by atoms with E-state index >= 15 is 0 Å². The number of nitrogens with zero attached hydrogens (tertiary/aromatic N) is 4. The quantitative estimate of drug-likeness (QED) is 0.826. The van der Waals surface area contributed by atoms with Crippen LogP contribution in [0.15, 0.2) is 40.9 Å². The summed E-state index contributed by atoms with van der Waals surface area (Å²) < 4.78 is 6.75. The summed E-state index contributed by atoms with van der Waals surface area (Å²) in [7, 11) is 1.50. The van der Waals surface area contributed by atoms with Gasteiger partial charge in [-0.25, -0.2) is 0 Å². The van der Waals surface area contributed by atoms with Crippen LogP contribution in [0.3, 0.4) is 0 Å². The van der Waals surface area contributed by atoms with Crippen molar-refractivity contribution in [1.29, 1.82) is 0 Å². The molecular weight excluding hydrogens is 270 g/mol. The number of rotatable bonds is 3. The van der Waals surface area contributed by atoms with Crippen molar-refractivity contribution in [3.8, 4) is 17.2 Å². The second-order valence-electron chi connectivity index (χ2n) is 4.14. The Morgan fingerprint density at radius 1 is 1.33 bits per heavy atom. The van der Waals surface area contributed by atoms with Crippen LogP contribution in [-0.4, -0.2) is 33.2 Å². The molecule has 0 amide bonds. The van der Waals surface area contributed by atoms with Crippen molar-refractivity contribution in [1.82, 2.24) is 14.8 Å². The SMILES string of the molecule is COc1cccc(O)c1-n1c(N)nnc1C1=C=C=CN=C1. The molecule has 0 saturated heterocycles. The summed E-state index contributed by atoms with van der Waals surface area (Å²) in [6.45, 7) is 0. The summed E-state index contributed by atoms with van der Waals surface area (Å²) in [5, 5.41) is 18.0. The maximum atomic E-state index is 10.1. The number of anilines is 1. The lowest BCUT2D eigenvalue weighted by molar-refractivity contribution is 0.405. The normalized spacial score (nSPS) is 12.5. The summed E-state index contributed by atoms with van der Waals surface area (Å²) in [6.07, 6.45) is 3.04. The molecule has 3 rings (SSSR count). The monoisotopic (exact) mass is 281 g/mol. The van der Waals surface area contributed by atoms with Crippen LogP contribution in [0.2, 0.25) is 0 Å². The molecule has 0 saturated carbocycles. The van der Waals surface area contributed by atoms with Crippen molar-refractivity contribution in [2.75, 3.05) is 12.8 Å². The number of methoxy groups -OCH3 is 1. The van der Waals surface area contributed by atoms with Gasteiger partial charge in [0.1, 0.15) is 17.2 Å². The van der Waals surface area contributed by atoms with E-state index in [0.717, 1.165) is 0 Å². The van der Waals surface area contributed by atoms with E-state index in [1.165, 1.54) is 23.9 Å². The number of nitrogen functional groups attached to an aromatic ring is 1. The van der Waals surface area contributed by atoms with E-state index in [9.17, 15) is 5.11 Å². The van der Waals surface area contributed by atoms with Crippen LogP contribution in [0.1, 0.15) is 5.82 Å². The van der Waals surface area contributed by atoms with E-state index < -0.39 is 0 Å². The van der Waals surface area contributed by atoms with Gasteiger partial charge in [0, 0.05) is 6.21 Å². The molecule has 0 bridgehead atoms. The fourth-order valence-corrected chi connectivity index (χ4v) is 2.00. The van der Waals surface area contributed by atoms with Gasteiger partial charge < -0.3 is 15.6 Å². The Labute approximate surface area is 120 Å². The van der Waals surface area contributed by atoms with Crippen LogP contribution in [-0.2, 0) is 0 Å². The largest absolute Gasteiger partial charge is 0.506 e. The first-order chi connectivity index (χ1) is 10.2. The third-order valence-electron chi connectivity index (χ3n) is 2.90. The van der Waals surface area contributed by atoms with Gasteiger partial charge in [-0.15, -0.1) is 10.2 Å². The van der Waals surface area contributed by atoms with Crippen molar-refractivity contribution in [3.63, 3.8) is 0 Å². The van der Waals surface area contributed by atoms with E-state index in [1.54, 1.807) is 18.3 Å². The number of ether oxygens (including phenoxy) is 1. The number of hydrogen-bond donors (Lipinski definition) is 2. The van der Waals surface area contributed by atoms with Crippen LogP contribution >= 0.6 is 0 Å². The highest BCUT2D eigenvalue weighted by Crippen LogP contribution is 2.34. The van der Waals surface area contributed by atoms with Crippen LogP contribution < -0.4 is 10.5 Å². The number of aromatic nitrogens is 3. The molecule has 1 aromatic carbocycles. The fourth-order valence-electron chi connectivity index (χ4n) is 2.00. The van der Waals surface area contributed by atoms with Gasteiger partial charge in [-0.05, 0) is 17.9 Å². The van der Waals surface area contributed by atoms with Crippen LogP contribution in [0, 0.1) is 0 Å². The standard InChI is InChI=1S/C14H11N5O2/c1-21-11-6-2-5-10(20)12(11)19-13(17-18-14(19)15)9-4-3-7-16-8-9/h2,5-8,20H,1H3,(H2,15,18). The Balaban J connectivity index is 2.30. The summed E-state index contributed by atoms with van der Waals surface area (Å²) in [5.74, 6) is 0.935. The third-order valence-corrected chi connectivity index (χ3v) is 2.90. The van der Waals surface area contributed by atoms with Crippen LogP contribution in [0.4, 0.5) is 5.95 Å². The summed E-state index contributed by atoms with van der Waals surface area (Å²) >= 11 is 0. The summed E-state index contributed by atoms with van der Waals surface area (Å²) in [5.41, 5.74) is 12.4. The molecule has 1 aliphatic rings. The Hall–Kier alpha value is -3.27. The second kappa shape index (κ2) is 5.02. The molecule has 7 nitrogen and oxygen atoms in total. The molecule has 0 spiro atoms. The Morgan fingerprint density at radius 3 is 2.90 bits per heavy atom. The molecule has 2 heterocycles. The van der Waals surface area contributed by atoms with Gasteiger partial charge in [0.05, 0.1) is 18.9 Å². The number of allylic oxidation sites excluding steroid dienone is 1. The van der Waals surface area contributed by atoms with Gasteiger partial charge in [0.2, 0.25) is 5.95 Å². The van der Waals surface area contributed by atoms with E-state index in [1.807, 2.05) is 0 Å². The molecule has 2 aromatic rings. The van der Waals surface area contributed by atoms with Crippen molar-refractivity contribution in [2.24, 2.45) is 4.99 Å². The number of aromatic hydroxyl groups is 1. The van der Waals surface area contributed by atoms with Crippen molar-refractivity contribution >= 4 is 17.7 Å². The van der Waals surface area contributed by atoms with Gasteiger partial charge in [-0.1, -0.05) is 11.8 Å². The highest BCUT2D eigenvalue weighted by atomic mass is 16.5. The van der Waals surface area contributed by atoms with E-state index in [0.29, 0.717) is 22.8 Å². The number of phenolic OH excluding ortho intramolecular Hbond substituents is 1. The predicted molar refractivity (Wildman–Crippen MR) is 77.5 cm³/mol. The number of phenols is 1. The van der Waals surface area contributed by atoms with Gasteiger partial charge in [-0.3, -0.25) is 9.56 Å². The Morgan fingerprint density at radius 2 is 2.19 bits per heavy atom. The Bertz CT molecular complexity index is 837.